The molecule has 1 amide bonds. The maximum absolute atomic E-state index is 12.9. The number of hydrogen-bond donors (Lipinski definition) is 2. The maximum Gasteiger partial charge on any atom is 0.255 e. The van der Waals surface area contributed by atoms with Gasteiger partial charge in [-0.15, -0.1) is 0 Å². The van der Waals surface area contributed by atoms with Gasteiger partial charge >= 0.3 is 0 Å². The fourth-order valence-corrected chi connectivity index (χ4v) is 6.01. The van der Waals surface area contributed by atoms with E-state index in [0.717, 1.165) is 30.8 Å². The summed E-state index contributed by atoms with van der Waals surface area (Å²) in [6.45, 7) is 2.39. The Morgan fingerprint density at radius 2 is 1.73 bits per heavy atom. The van der Waals surface area contributed by atoms with Gasteiger partial charge in [0, 0.05) is 6.54 Å². The summed E-state index contributed by atoms with van der Waals surface area (Å²) in [6.07, 6.45) is 8.29. The van der Waals surface area contributed by atoms with Crippen molar-refractivity contribution in [1.29, 1.82) is 0 Å². The van der Waals surface area contributed by atoms with Crippen molar-refractivity contribution in [3.05, 3.63) is 29.8 Å². The standard InChI is InChI=1S/C22H32N2O2/c1-24(2)7-8-26-20-6-4-3-5-19(20)21(25)23-15-22-12-16-9-17(13-22)11-18(10-16)14-22/h3-6,16-18H,7-15H2,1-2H3,(H,23,25)/p+1. The van der Waals surface area contributed by atoms with Crippen LogP contribution in [0.3, 0.4) is 0 Å². The van der Waals surface area contributed by atoms with Crippen molar-refractivity contribution in [1.82, 2.24) is 5.32 Å². The highest BCUT2D eigenvalue weighted by Crippen LogP contribution is 2.59. The highest BCUT2D eigenvalue weighted by Gasteiger charge is 2.50. The van der Waals surface area contributed by atoms with Gasteiger partial charge in [-0.3, -0.25) is 4.79 Å². The maximum atomic E-state index is 12.9. The Bertz CT molecular complexity index is 620. The first-order valence-electron chi connectivity index (χ1n) is 10.3. The van der Waals surface area contributed by atoms with Crippen LogP contribution in [0.5, 0.6) is 5.75 Å². The Morgan fingerprint density at radius 1 is 1.12 bits per heavy atom. The van der Waals surface area contributed by atoms with Crippen molar-refractivity contribution < 1.29 is 14.4 Å². The Kier molecular flexibility index (Phi) is 4.96. The fourth-order valence-electron chi connectivity index (χ4n) is 6.01. The average molecular weight is 358 g/mol. The number of quaternary nitrogens is 1. The van der Waals surface area contributed by atoms with E-state index < -0.39 is 0 Å². The van der Waals surface area contributed by atoms with Gasteiger partial charge in [-0.05, 0) is 73.8 Å². The van der Waals surface area contributed by atoms with Gasteiger partial charge in [-0.25, -0.2) is 0 Å². The molecular weight excluding hydrogens is 324 g/mol. The van der Waals surface area contributed by atoms with E-state index in [0.29, 0.717) is 23.3 Å². The fraction of sp³-hybridized carbons (Fsp3) is 0.682. The van der Waals surface area contributed by atoms with E-state index in [-0.39, 0.29) is 5.91 Å². The van der Waals surface area contributed by atoms with E-state index in [1.165, 1.54) is 43.4 Å². The van der Waals surface area contributed by atoms with Crippen molar-refractivity contribution >= 4 is 5.91 Å². The van der Waals surface area contributed by atoms with Crippen LogP contribution in [0.4, 0.5) is 0 Å². The van der Waals surface area contributed by atoms with Crippen LogP contribution in [0.25, 0.3) is 0 Å². The number of rotatable bonds is 7. The van der Waals surface area contributed by atoms with E-state index in [1.807, 2.05) is 24.3 Å². The lowest BCUT2D eigenvalue weighted by Crippen LogP contribution is -3.06. The van der Waals surface area contributed by atoms with Crippen molar-refractivity contribution in [2.45, 2.75) is 38.5 Å². The molecule has 0 atom stereocenters. The van der Waals surface area contributed by atoms with Gasteiger partial charge in [-0.2, -0.15) is 0 Å². The number of hydrogen-bond acceptors (Lipinski definition) is 2. The molecule has 142 valence electrons. The number of benzene rings is 1. The number of nitrogens with one attached hydrogen (secondary N) is 2. The van der Waals surface area contributed by atoms with Gasteiger partial charge in [0.25, 0.3) is 5.91 Å². The normalized spacial score (nSPS) is 32.0. The van der Waals surface area contributed by atoms with Crippen molar-refractivity contribution in [2.24, 2.45) is 23.2 Å². The predicted octanol–water partition coefficient (Wildman–Crippen LogP) is 2.16. The number of ether oxygens (including phenoxy) is 1. The molecule has 4 heteroatoms. The van der Waals surface area contributed by atoms with Crippen molar-refractivity contribution in [3.63, 3.8) is 0 Å². The molecule has 2 N–H and O–H groups in total. The zero-order valence-electron chi connectivity index (χ0n) is 16.2. The number of likely N-dealkylation sites (N-methyl/N-ethyl adjacent to an activating group) is 1. The molecule has 0 aromatic heterocycles. The third kappa shape index (κ3) is 3.75. The number of carbonyl (C=O) groups excluding carboxylic acids is 1. The minimum Gasteiger partial charge on any atom is -0.487 e. The van der Waals surface area contributed by atoms with Crippen LogP contribution in [0.2, 0.25) is 0 Å². The molecule has 0 saturated heterocycles. The number of para-hydroxylation sites is 1. The van der Waals surface area contributed by atoms with Gasteiger partial charge in [0.1, 0.15) is 18.9 Å². The van der Waals surface area contributed by atoms with Crippen molar-refractivity contribution in [3.8, 4) is 5.75 Å². The quantitative estimate of drug-likeness (QED) is 0.785. The Hall–Kier alpha value is -1.55. The lowest BCUT2D eigenvalue weighted by atomic mass is 9.49. The molecule has 4 bridgehead atoms. The minimum absolute atomic E-state index is 0.0218. The molecule has 0 radical (unpaired) electrons. The molecule has 4 aliphatic rings. The van der Waals surface area contributed by atoms with Crippen LogP contribution in [-0.4, -0.2) is 39.7 Å². The summed E-state index contributed by atoms with van der Waals surface area (Å²) in [4.78, 5) is 14.2. The molecule has 5 rings (SSSR count). The zero-order chi connectivity index (χ0) is 18.1. The van der Waals surface area contributed by atoms with E-state index in [2.05, 4.69) is 19.4 Å². The van der Waals surface area contributed by atoms with Gasteiger partial charge < -0.3 is 15.0 Å². The molecular formula is C22H33N2O2+. The van der Waals surface area contributed by atoms with E-state index in [9.17, 15) is 4.79 Å². The Morgan fingerprint density at radius 3 is 2.35 bits per heavy atom. The smallest absolute Gasteiger partial charge is 0.255 e. The molecule has 26 heavy (non-hydrogen) atoms. The van der Waals surface area contributed by atoms with Crippen LogP contribution in [0, 0.1) is 23.2 Å². The Balaban J connectivity index is 1.38. The van der Waals surface area contributed by atoms with E-state index in [1.54, 1.807) is 0 Å². The monoisotopic (exact) mass is 357 g/mol. The van der Waals surface area contributed by atoms with Crippen LogP contribution >= 0.6 is 0 Å². The lowest BCUT2D eigenvalue weighted by molar-refractivity contribution is -0.858. The molecule has 0 aliphatic heterocycles. The predicted molar refractivity (Wildman–Crippen MR) is 103 cm³/mol. The van der Waals surface area contributed by atoms with Crippen molar-refractivity contribution in [2.75, 3.05) is 33.8 Å². The highest BCUT2D eigenvalue weighted by molar-refractivity contribution is 5.96. The molecule has 4 nitrogen and oxygen atoms in total. The van der Waals surface area contributed by atoms with E-state index in [4.69, 9.17) is 4.74 Å². The lowest BCUT2D eigenvalue weighted by Gasteiger charge is -2.56. The SMILES string of the molecule is C[NH+](C)CCOc1ccccc1C(=O)NCC12CC3CC(CC(C3)C1)C2. The molecule has 4 aliphatic carbocycles. The van der Waals surface area contributed by atoms with E-state index >= 15 is 0 Å². The van der Waals surface area contributed by atoms with Gasteiger partial charge in [0.15, 0.2) is 0 Å². The summed E-state index contributed by atoms with van der Waals surface area (Å²) < 4.78 is 5.88. The minimum atomic E-state index is 0.0218. The molecule has 0 unspecified atom stereocenters. The highest BCUT2D eigenvalue weighted by atomic mass is 16.5. The first-order chi connectivity index (χ1) is 12.5. The van der Waals surface area contributed by atoms with Crippen LogP contribution in [-0.2, 0) is 0 Å². The number of carbonyl (C=O) groups is 1. The summed E-state index contributed by atoms with van der Waals surface area (Å²) in [5.74, 6) is 3.48. The van der Waals surface area contributed by atoms with Crippen LogP contribution in [0.15, 0.2) is 24.3 Å². The van der Waals surface area contributed by atoms with Gasteiger partial charge in [-0.1, -0.05) is 12.1 Å². The molecule has 1 aromatic rings. The first kappa shape index (κ1) is 17.8. The van der Waals surface area contributed by atoms with Crippen LogP contribution in [0.1, 0.15) is 48.9 Å². The zero-order valence-corrected chi connectivity index (χ0v) is 16.2. The molecule has 0 spiro atoms. The summed E-state index contributed by atoms with van der Waals surface area (Å²) in [5.41, 5.74) is 1.04. The second kappa shape index (κ2) is 7.22. The molecule has 4 fully saturated rings. The largest absolute Gasteiger partial charge is 0.487 e. The van der Waals surface area contributed by atoms with Gasteiger partial charge in [0.05, 0.1) is 19.7 Å². The topological polar surface area (TPSA) is 42.8 Å². The first-order valence-corrected chi connectivity index (χ1v) is 10.3. The van der Waals surface area contributed by atoms with Crippen LogP contribution < -0.4 is 15.0 Å². The third-order valence-corrected chi connectivity index (χ3v) is 6.78. The third-order valence-electron chi connectivity index (χ3n) is 6.78. The summed E-state index contributed by atoms with van der Waals surface area (Å²) in [7, 11) is 4.21. The number of amides is 1. The summed E-state index contributed by atoms with van der Waals surface area (Å²) >= 11 is 0. The second-order valence-corrected chi connectivity index (χ2v) is 9.40. The summed E-state index contributed by atoms with van der Waals surface area (Å²) in [6, 6.07) is 7.65. The Labute approximate surface area is 157 Å². The summed E-state index contributed by atoms with van der Waals surface area (Å²) in [5, 5.41) is 3.27. The molecule has 0 heterocycles. The molecule has 4 saturated carbocycles. The second-order valence-electron chi connectivity index (χ2n) is 9.40. The average Bonchev–Trinajstić information content (AvgIpc) is 2.59. The van der Waals surface area contributed by atoms with Gasteiger partial charge in [0.2, 0.25) is 0 Å². The molecule has 1 aromatic carbocycles.